The van der Waals surface area contributed by atoms with Crippen molar-refractivity contribution in [1.29, 1.82) is 0 Å². The molecule has 1 aromatic heterocycles. The van der Waals surface area contributed by atoms with E-state index < -0.39 is 0 Å². The van der Waals surface area contributed by atoms with Gasteiger partial charge >= 0.3 is 0 Å². The number of hydrogen-bond acceptors (Lipinski definition) is 2. The molecule has 0 unspecified atom stereocenters. The molecule has 0 atom stereocenters. The third-order valence-corrected chi connectivity index (χ3v) is 9.02. The number of hydrogen-bond donors (Lipinski definition) is 0. The molecule has 0 bridgehead atoms. The van der Waals surface area contributed by atoms with E-state index in [9.17, 15) is 0 Å². The predicted molar refractivity (Wildman–Crippen MR) is 194 cm³/mol. The van der Waals surface area contributed by atoms with Crippen molar-refractivity contribution in [1.82, 2.24) is 0 Å². The van der Waals surface area contributed by atoms with Gasteiger partial charge in [0.2, 0.25) is 0 Å². The SMILES string of the molecule is c1ccc(N(c2ccc3ccc(-c4ccc(-c5ccc6ccccc6c5)cc4)cc3c2)c2ccc3c(c2)oc2ccccc23)cc1. The molecule has 0 saturated heterocycles. The van der Waals surface area contributed by atoms with Gasteiger partial charge in [0.25, 0.3) is 0 Å². The second kappa shape index (κ2) is 10.8. The van der Waals surface area contributed by atoms with E-state index in [-0.39, 0.29) is 0 Å². The molecule has 9 rings (SSSR count). The van der Waals surface area contributed by atoms with Crippen LogP contribution in [0.15, 0.2) is 180 Å². The lowest BCUT2D eigenvalue weighted by atomic mass is 9.97. The van der Waals surface area contributed by atoms with Gasteiger partial charge in [-0.15, -0.1) is 0 Å². The Kier molecular flexibility index (Phi) is 6.17. The van der Waals surface area contributed by atoms with Crippen LogP contribution < -0.4 is 4.90 Å². The van der Waals surface area contributed by atoms with E-state index in [2.05, 4.69) is 169 Å². The minimum Gasteiger partial charge on any atom is -0.456 e. The number of anilines is 3. The molecule has 0 aliphatic carbocycles. The standard InChI is InChI=1S/C44H29NO/c1-2-10-38(11-3-1)45(40-24-25-42-41-12-6-7-13-43(41)46-44(42)29-40)39-23-22-33-19-21-36(27-37(33)28-39)32-16-14-31(15-17-32)35-20-18-30-8-4-5-9-34(30)26-35/h1-29H. The zero-order chi connectivity index (χ0) is 30.5. The number of nitrogens with zero attached hydrogens (tertiary/aromatic N) is 1. The number of fused-ring (bicyclic) bond motifs is 5. The molecule has 2 nitrogen and oxygen atoms in total. The maximum atomic E-state index is 6.28. The minimum atomic E-state index is 0.884. The lowest BCUT2D eigenvalue weighted by Gasteiger charge is -2.25. The molecule has 1 heterocycles. The van der Waals surface area contributed by atoms with Gasteiger partial charge in [-0.2, -0.15) is 0 Å². The molecule has 0 aliphatic rings. The Hall–Kier alpha value is -6.12. The van der Waals surface area contributed by atoms with E-state index in [0.29, 0.717) is 0 Å². The largest absolute Gasteiger partial charge is 0.456 e. The molecule has 0 amide bonds. The summed E-state index contributed by atoms with van der Waals surface area (Å²) in [7, 11) is 0. The second-order valence-corrected chi connectivity index (χ2v) is 11.8. The van der Waals surface area contributed by atoms with Crippen molar-refractivity contribution in [3.63, 3.8) is 0 Å². The van der Waals surface area contributed by atoms with Gasteiger partial charge in [-0.3, -0.25) is 0 Å². The molecule has 0 spiro atoms. The molecule has 0 radical (unpaired) electrons. The summed E-state index contributed by atoms with van der Waals surface area (Å²) in [6.45, 7) is 0. The first kappa shape index (κ1) is 26.3. The van der Waals surface area contributed by atoms with E-state index in [0.717, 1.165) is 39.0 Å². The first-order valence-corrected chi connectivity index (χ1v) is 15.7. The minimum absolute atomic E-state index is 0.884. The van der Waals surface area contributed by atoms with Crippen LogP contribution in [0.1, 0.15) is 0 Å². The Labute approximate surface area is 267 Å². The summed E-state index contributed by atoms with van der Waals surface area (Å²) in [6, 6.07) is 62.8. The molecular weight excluding hydrogens is 558 g/mol. The number of para-hydroxylation sites is 2. The van der Waals surface area contributed by atoms with Gasteiger partial charge < -0.3 is 9.32 Å². The van der Waals surface area contributed by atoms with Crippen LogP contribution in [0.4, 0.5) is 17.1 Å². The van der Waals surface area contributed by atoms with E-state index in [1.165, 1.54) is 43.8 Å². The fourth-order valence-corrected chi connectivity index (χ4v) is 6.65. The van der Waals surface area contributed by atoms with Gasteiger partial charge in [0.15, 0.2) is 0 Å². The van der Waals surface area contributed by atoms with Crippen molar-refractivity contribution in [3.8, 4) is 22.3 Å². The molecule has 9 aromatic rings. The van der Waals surface area contributed by atoms with Gasteiger partial charge in [0.1, 0.15) is 11.2 Å². The fraction of sp³-hybridized carbons (Fsp3) is 0. The van der Waals surface area contributed by atoms with Crippen molar-refractivity contribution in [2.45, 2.75) is 0 Å². The van der Waals surface area contributed by atoms with Crippen LogP contribution in [-0.4, -0.2) is 0 Å². The third kappa shape index (κ3) is 4.60. The molecular formula is C44H29NO. The van der Waals surface area contributed by atoms with Crippen molar-refractivity contribution in [3.05, 3.63) is 176 Å². The molecule has 46 heavy (non-hydrogen) atoms. The van der Waals surface area contributed by atoms with Gasteiger partial charge in [0, 0.05) is 33.9 Å². The van der Waals surface area contributed by atoms with Crippen LogP contribution >= 0.6 is 0 Å². The Morgan fingerprint density at radius 1 is 0.304 bits per heavy atom. The Bertz CT molecular complexity index is 2530. The average Bonchev–Trinajstić information content (AvgIpc) is 3.50. The first-order valence-electron chi connectivity index (χ1n) is 15.7. The molecule has 8 aromatic carbocycles. The van der Waals surface area contributed by atoms with Crippen LogP contribution in [0, 0.1) is 0 Å². The van der Waals surface area contributed by atoms with Crippen molar-refractivity contribution in [2.24, 2.45) is 0 Å². The van der Waals surface area contributed by atoms with E-state index in [1.54, 1.807) is 0 Å². The zero-order valence-corrected chi connectivity index (χ0v) is 25.1. The Morgan fingerprint density at radius 3 is 1.63 bits per heavy atom. The zero-order valence-electron chi connectivity index (χ0n) is 25.1. The van der Waals surface area contributed by atoms with Crippen molar-refractivity contribution in [2.75, 3.05) is 4.90 Å². The maximum Gasteiger partial charge on any atom is 0.137 e. The fourth-order valence-electron chi connectivity index (χ4n) is 6.65. The van der Waals surface area contributed by atoms with Crippen LogP contribution in [0.2, 0.25) is 0 Å². The summed E-state index contributed by atoms with van der Waals surface area (Å²) < 4.78 is 6.28. The average molecular weight is 588 g/mol. The third-order valence-electron chi connectivity index (χ3n) is 9.02. The number of rotatable bonds is 5. The van der Waals surface area contributed by atoms with Crippen LogP contribution in [-0.2, 0) is 0 Å². The lowest BCUT2D eigenvalue weighted by molar-refractivity contribution is 0.669. The maximum absolute atomic E-state index is 6.28. The first-order chi connectivity index (χ1) is 22.8. The monoisotopic (exact) mass is 587 g/mol. The molecule has 0 saturated carbocycles. The highest BCUT2D eigenvalue weighted by atomic mass is 16.3. The summed E-state index contributed by atoms with van der Waals surface area (Å²) >= 11 is 0. The van der Waals surface area contributed by atoms with Gasteiger partial charge in [-0.1, -0.05) is 115 Å². The second-order valence-electron chi connectivity index (χ2n) is 11.8. The van der Waals surface area contributed by atoms with E-state index in [4.69, 9.17) is 4.42 Å². The van der Waals surface area contributed by atoms with Crippen molar-refractivity contribution < 1.29 is 4.42 Å². The molecule has 216 valence electrons. The normalized spacial score (nSPS) is 11.5. The van der Waals surface area contributed by atoms with Crippen LogP contribution in [0.5, 0.6) is 0 Å². The Balaban J connectivity index is 1.10. The highest BCUT2D eigenvalue weighted by Crippen LogP contribution is 2.40. The Morgan fingerprint density at radius 2 is 0.848 bits per heavy atom. The summed E-state index contributed by atoms with van der Waals surface area (Å²) in [5.74, 6) is 0. The summed E-state index contributed by atoms with van der Waals surface area (Å²) in [6.07, 6.45) is 0. The molecule has 2 heteroatoms. The van der Waals surface area contributed by atoms with E-state index >= 15 is 0 Å². The van der Waals surface area contributed by atoms with E-state index in [1.807, 2.05) is 12.1 Å². The van der Waals surface area contributed by atoms with Gasteiger partial charge in [0.05, 0.1) is 0 Å². The predicted octanol–water partition coefficient (Wildman–Crippen LogP) is 12.7. The topological polar surface area (TPSA) is 16.4 Å². The van der Waals surface area contributed by atoms with Crippen molar-refractivity contribution >= 4 is 60.5 Å². The number of benzene rings is 8. The highest BCUT2D eigenvalue weighted by molar-refractivity contribution is 6.06. The quantitative estimate of drug-likeness (QED) is 0.199. The van der Waals surface area contributed by atoms with Gasteiger partial charge in [-0.05, 0) is 98.4 Å². The highest BCUT2D eigenvalue weighted by Gasteiger charge is 2.16. The summed E-state index contributed by atoms with van der Waals surface area (Å²) in [4.78, 5) is 2.30. The lowest BCUT2D eigenvalue weighted by Crippen LogP contribution is -2.09. The molecule has 0 aliphatic heterocycles. The molecule has 0 fully saturated rings. The molecule has 0 N–H and O–H groups in total. The number of furan rings is 1. The van der Waals surface area contributed by atoms with Crippen LogP contribution in [0.3, 0.4) is 0 Å². The summed E-state index contributed by atoms with van der Waals surface area (Å²) in [5, 5.41) is 7.19. The summed E-state index contributed by atoms with van der Waals surface area (Å²) in [5.41, 5.74) is 9.89. The smallest absolute Gasteiger partial charge is 0.137 e. The van der Waals surface area contributed by atoms with Gasteiger partial charge in [-0.25, -0.2) is 0 Å². The van der Waals surface area contributed by atoms with Crippen LogP contribution in [0.25, 0.3) is 65.7 Å².